The summed E-state index contributed by atoms with van der Waals surface area (Å²) in [6.07, 6.45) is 0. The van der Waals surface area contributed by atoms with Crippen LogP contribution in [0.1, 0.15) is 29.1 Å². The average molecular weight is 413 g/mol. The van der Waals surface area contributed by atoms with E-state index in [-0.39, 0.29) is 11.8 Å². The largest absolute Gasteiger partial charge is 0.349 e. The van der Waals surface area contributed by atoms with E-state index in [1.807, 2.05) is 26.0 Å². The van der Waals surface area contributed by atoms with E-state index < -0.39 is 17.8 Å². The van der Waals surface area contributed by atoms with Crippen molar-refractivity contribution in [3.63, 3.8) is 0 Å². The van der Waals surface area contributed by atoms with E-state index in [0.29, 0.717) is 12.1 Å². The third kappa shape index (κ3) is 5.14. The second-order valence-corrected chi connectivity index (χ2v) is 8.17. The molecule has 7 heteroatoms. The van der Waals surface area contributed by atoms with Crippen LogP contribution in [0, 0.1) is 11.7 Å². The van der Waals surface area contributed by atoms with Gasteiger partial charge in [0.2, 0.25) is 5.91 Å². The maximum absolute atomic E-state index is 12.9. The Balaban J connectivity index is 1.98. The smallest absolute Gasteiger partial charge is 0.251 e. The number of nitrogens with one attached hydrogen (secondary N) is 2. The minimum Gasteiger partial charge on any atom is -0.349 e. The molecule has 2 aromatic rings. The minimum atomic E-state index is -0.661. The number of hydrogen-bond donors (Lipinski definition) is 2. The maximum atomic E-state index is 12.9. The molecule has 24 heavy (non-hydrogen) atoms. The van der Waals surface area contributed by atoms with Gasteiger partial charge in [-0.1, -0.05) is 13.8 Å². The molecule has 128 valence electrons. The molecule has 1 unspecified atom stereocenters. The summed E-state index contributed by atoms with van der Waals surface area (Å²) in [6, 6.07) is 8.40. The molecule has 2 amide bonds. The molecule has 0 spiro atoms. The first-order chi connectivity index (χ1) is 11.4. The van der Waals surface area contributed by atoms with E-state index in [4.69, 9.17) is 0 Å². The monoisotopic (exact) mass is 412 g/mol. The topological polar surface area (TPSA) is 58.2 Å². The van der Waals surface area contributed by atoms with Crippen molar-refractivity contribution in [3.05, 3.63) is 56.4 Å². The highest BCUT2D eigenvalue weighted by Crippen LogP contribution is 2.21. The number of carbonyl (C=O) groups excluding carboxylic acids is 2. The molecule has 0 aliphatic rings. The van der Waals surface area contributed by atoms with Crippen molar-refractivity contribution in [1.29, 1.82) is 0 Å². The van der Waals surface area contributed by atoms with Crippen molar-refractivity contribution in [2.45, 2.75) is 26.4 Å². The number of thiophene rings is 1. The lowest BCUT2D eigenvalue weighted by Crippen LogP contribution is -2.49. The molecule has 0 bridgehead atoms. The van der Waals surface area contributed by atoms with Gasteiger partial charge in [-0.05, 0) is 58.2 Å². The van der Waals surface area contributed by atoms with Crippen LogP contribution in [0.5, 0.6) is 0 Å². The molecule has 4 nitrogen and oxygen atoms in total. The van der Waals surface area contributed by atoms with Crippen molar-refractivity contribution in [2.75, 3.05) is 0 Å². The molecule has 0 saturated carbocycles. The number of halogens is 2. The van der Waals surface area contributed by atoms with Gasteiger partial charge >= 0.3 is 0 Å². The second-order valence-electron chi connectivity index (χ2n) is 5.63. The van der Waals surface area contributed by atoms with Gasteiger partial charge in [-0.25, -0.2) is 4.39 Å². The normalized spacial score (nSPS) is 12.0. The predicted octanol–water partition coefficient (Wildman–Crippen LogP) is 3.72. The zero-order chi connectivity index (χ0) is 17.7. The van der Waals surface area contributed by atoms with Crippen LogP contribution in [0.25, 0.3) is 0 Å². The van der Waals surface area contributed by atoms with Crippen LogP contribution in [0.15, 0.2) is 40.2 Å². The summed E-state index contributed by atoms with van der Waals surface area (Å²) in [6.45, 7) is 4.12. The summed E-state index contributed by atoms with van der Waals surface area (Å²) >= 11 is 4.92. The van der Waals surface area contributed by atoms with Gasteiger partial charge < -0.3 is 10.6 Å². The zero-order valence-electron chi connectivity index (χ0n) is 13.3. The Morgan fingerprint density at radius 2 is 1.83 bits per heavy atom. The summed E-state index contributed by atoms with van der Waals surface area (Å²) in [5, 5.41) is 5.55. The first kappa shape index (κ1) is 18.6. The van der Waals surface area contributed by atoms with Crippen LogP contribution in [0.4, 0.5) is 4.39 Å². The van der Waals surface area contributed by atoms with E-state index in [2.05, 4.69) is 26.6 Å². The van der Waals surface area contributed by atoms with Gasteiger partial charge in [-0.3, -0.25) is 9.59 Å². The Hall–Kier alpha value is -1.73. The molecule has 2 rings (SSSR count). The SMILES string of the molecule is CC(C)C(NC(=O)c1ccc(F)cc1)C(=O)NCc1ccc(Br)s1. The van der Waals surface area contributed by atoms with E-state index in [0.717, 1.165) is 8.66 Å². The summed E-state index contributed by atoms with van der Waals surface area (Å²) in [5.41, 5.74) is 0.317. The molecule has 0 radical (unpaired) electrons. The number of rotatable bonds is 6. The number of benzene rings is 1. The summed E-state index contributed by atoms with van der Waals surface area (Å²) in [4.78, 5) is 25.6. The number of hydrogen-bond acceptors (Lipinski definition) is 3. The van der Waals surface area contributed by atoms with E-state index in [9.17, 15) is 14.0 Å². The van der Waals surface area contributed by atoms with E-state index in [1.54, 1.807) is 11.3 Å². The van der Waals surface area contributed by atoms with Crippen LogP contribution >= 0.6 is 27.3 Å². The second kappa shape index (κ2) is 8.39. The Bertz CT molecular complexity index is 716. The summed E-state index contributed by atoms with van der Waals surface area (Å²) < 4.78 is 13.9. The van der Waals surface area contributed by atoms with Gasteiger partial charge in [-0.2, -0.15) is 0 Å². The fourth-order valence-corrected chi connectivity index (χ4v) is 3.51. The predicted molar refractivity (Wildman–Crippen MR) is 96.4 cm³/mol. The Morgan fingerprint density at radius 3 is 2.38 bits per heavy atom. The standard InChI is InChI=1S/C17H18BrFN2O2S/c1-10(2)15(17(23)20-9-13-7-8-14(18)24-13)21-16(22)11-3-5-12(19)6-4-11/h3-8,10,15H,9H2,1-2H3,(H,20,23)(H,21,22). The maximum Gasteiger partial charge on any atom is 0.251 e. The van der Waals surface area contributed by atoms with Crippen LogP contribution in [0.2, 0.25) is 0 Å². The third-order valence-electron chi connectivity index (χ3n) is 3.41. The van der Waals surface area contributed by atoms with Crippen LogP contribution in [-0.2, 0) is 11.3 Å². The molecule has 1 aromatic carbocycles. The Labute approximate surface area is 152 Å². The Kier molecular flexibility index (Phi) is 6.51. The molecular weight excluding hydrogens is 395 g/mol. The quantitative estimate of drug-likeness (QED) is 0.759. The van der Waals surface area contributed by atoms with Crippen molar-refractivity contribution in [1.82, 2.24) is 10.6 Å². The number of carbonyl (C=O) groups is 2. The van der Waals surface area contributed by atoms with Gasteiger partial charge in [0.25, 0.3) is 5.91 Å². The van der Waals surface area contributed by atoms with E-state index in [1.165, 1.54) is 24.3 Å². The Morgan fingerprint density at radius 1 is 1.17 bits per heavy atom. The molecule has 2 N–H and O–H groups in total. The molecule has 0 aliphatic carbocycles. The fourth-order valence-electron chi connectivity index (χ4n) is 2.09. The first-order valence-corrected chi connectivity index (χ1v) is 9.06. The fraction of sp³-hybridized carbons (Fsp3) is 0.294. The molecule has 1 heterocycles. The highest BCUT2D eigenvalue weighted by Gasteiger charge is 2.24. The van der Waals surface area contributed by atoms with Crippen molar-refractivity contribution in [3.8, 4) is 0 Å². The molecule has 0 saturated heterocycles. The van der Waals surface area contributed by atoms with Crippen molar-refractivity contribution >= 4 is 39.1 Å². The lowest BCUT2D eigenvalue weighted by atomic mass is 10.0. The highest BCUT2D eigenvalue weighted by molar-refractivity contribution is 9.11. The first-order valence-electron chi connectivity index (χ1n) is 7.45. The molecule has 1 atom stereocenters. The van der Waals surface area contributed by atoms with E-state index >= 15 is 0 Å². The van der Waals surface area contributed by atoms with Gasteiger partial charge in [0.15, 0.2) is 0 Å². The van der Waals surface area contributed by atoms with Gasteiger partial charge in [0.05, 0.1) is 10.3 Å². The zero-order valence-corrected chi connectivity index (χ0v) is 15.7. The van der Waals surface area contributed by atoms with Gasteiger partial charge in [-0.15, -0.1) is 11.3 Å². The van der Waals surface area contributed by atoms with Crippen LogP contribution < -0.4 is 10.6 Å². The highest BCUT2D eigenvalue weighted by atomic mass is 79.9. The lowest BCUT2D eigenvalue weighted by molar-refractivity contribution is -0.124. The van der Waals surface area contributed by atoms with Crippen molar-refractivity contribution < 1.29 is 14.0 Å². The molecule has 0 fully saturated rings. The minimum absolute atomic E-state index is 0.0792. The molecule has 1 aromatic heterocycles. The summed E-state index contributed by atoms with van der Waals surface area (Å²) in [5.74, 6) is -1.14. The average Bonchev–Trinajstić information content (AvgIpc) is 2.96. The summed E-state index contributed by atoms with van der Waals surface area (Å²) in [7, 11) is 0. The molecular formula is C17H18BrFN2O2S. The van der Waals surface area contributed by atoms with Crippen molar-refractivity contribution in [2.24, 2.45) is 5.92 Å². The molecule has 0 aliphatic heterocycles. The van der Waals surface area contributed by atoms with Crippen LogP contribution in [-0.4, -0.2) is 17.9 Å². The lowest BCUT2D eigenvalue weighted by Gasteiger charge is -2.21. The van der Waals surface area contributed by atoms with Gasteiger partial charge in [0, 0.05) is 10.4 Å². The van der Waals surface area contributed by atoms with Gasteiger partial charge in [0.1, 0.15) is 11.9 Å². The third-order valence-corrected chi connectivity index (χ3v) is 5.03. The van der Waals surface area contributed by atoms with Crippen LogP contribution in [0.3, 0.4) is 0 Å². The number of amides is 2.